The molecule has 0 unspecified atom stereocenters. The number of hydrogen-bond acceptors (Lipinski definition) is 2. The highest BCUT2D eigenvalue weighted by Crippen LogP contribution is 2.17. The maximum Gasteiger partial charge on any atom is 0.256 e. The maximum absolute atomic E-state index is 13.8. The van der Waals surface area contributed by atoms with Gasteiger partial charge in [0, 0.05) is 17.6 Å². The lowest BCUT2D eigenvalue weighted by Gasteiger charge is -2.22. The second-order valence-corrected chi connectivity index (χ2v) is 5.58. The van der Waals surface area contributed by atoms with Gasteiger partial charge in [-0.05, 0) is 52.2 Å². The zero-order valence-corrected chi connectivity index (χ0v) is 13.2. The van der Waals surface area contributed by atoms with Crippen LogP contribution in [0.1, 0.15) is 23.7 Å². The monoisotopic (exact) mass is 330 g/mol. The summed E-state index contributed by atoms with van der Waals surface area (Å²) in [4.78, 5) is 16.0. The minimum Gasteiger partial charge on any atom is -0.339 e. The van der Waals surface area contributed by atoms with E-state index in [-0.39, 0.29) is 11.5 Å². The van der Waals surface area contributed by atoms with Gasteiger partial charge in [0.15, 0.2) is 0 Å². The molecule has 0 radical (unpaired) electrons. The number of benzene rings is 1. The summed E-state index contributed by atoms with van der Waals surface area (Å²) in [5.74, 6) is -0.725. The molecule has 0 bridgehead atoms. The van der Waals surface area contributed by atoms with Gasteiger partial charge >= 0.3 is 0 Å². The first-order valence-corrected chi connectivity index (χ1v) is 7.14. The molecule has 0 atom stereocenters. The molecule has 0 saturated heterocycles. The second-order valence-electron chi connectivity index (χ2n) is 4.67. The van der Waals surface area contributed by atoms with Crippen molar-refractivity contribution in [2.75, 3.05) is 33.7 Å². The Morgan fingerprint density at radius 3 is 2.53 bits per heavy atom. The van der Waals surface area contributed by atoms with Crippen molar-refractivity contribution in [1.29, 1.82) is 0 Å². The number of nitrogens with zero attached hydrogens (tertiary/aromatic N) is 2. The first-order valence-electron chi connectivity index (χ1n) is 6.34. The van der Waals surface area contributed by atoms with Crippen LogP contribution < -0.4 is 0 Å². The van der Waals surface area contributed by atoms with E-state index in [2.05, 4.69) is 20.8 Å². The van der Waals surface area contributed by atoms with Gasteiger partial charge in [-0.2, -0.15) is 0 Å². The van der Waals surface area contributed by atoms with Crippen LogP contribution in [0.2, 0.25) is 0 Å². The SMILES string of the molecule is CCN(CCCN(C)C)C(=O)c1ccc(Br)cc1F. The van der Waals surface area contributed by atoms with Crippen LogP contribution in [0, 0.1) is 5.82 Å². The molecule has 1 rings (SSSR count). The Morgan fingerprint density at radius 2 is 2.00 bits per heavy atom. The van der Waals surface area contributed by atoms with Gasteiger partial charge < -0.3 is 9.80 Å². The summed E-state index contributed by atoms with van der Waals surface area (Å²) in [7, 11) is 3.99. The topological polar surface area (TPSA) is 23.6 Å². The average Bonchev–Trinajstić information content (AvgIpc) is 2.33. The molecular weight excluding hydrogens is 311 g/mol. The molecule has 0 N–H and O–H groups in total. The summed E-state index contributed by atoms with van der Waals surface area (Å²) in [5.41, 5.74) is 0.134. The Hall–Kier alpha value is -0.940. The van der Waals surface area contributed by atoms with Crippen molar-refractivity contribution < 1.29 is 9.18 Å². The van der Waals surface area contributed by atoms with Crippen molar-refractivity contribution in [2.45, 2.75) is 13.3 Å². The minimum absolute atomic E-state index is 0.134. The van der Waals surface area contributed by atoms with Crippen molar-refractivity contribution in [3.05, 3.63) is 34.1 Å². The molecule has 0 spiro atoms. The molecule has 0 aromatic heterocycles. The van der Waals surface area contributed by atoms with Gasteiger partial charge in [-0.15, -0.1) is 0 Å². The molecule has 19 heavy (non-hydrogen) atoms. The second kappa shape index (κ2) is 7.60. The van der Waals surface area contributed by atoms with E-state index in [1.54, 1.807) is 11.0 Å². The van der Waals surface area contributed by atoms with E-state index in [0.29, 0.717) is 17.6 Å². The van der Waals surface area contributed by atoms with Gasteiger partial charge in [-0.1, -0.05) is 15.9 Å². The molecule has 0 fully saturated rings. The van der Waals surface area contributed by atoms with Crippen molar-refractivity contribution in [3.8, 4) is 0 Å². The van der Waals surface area contributed by atoms with E-state index in [0.717, 1.165) is 13.0 Å². The summed E-state index contributed by atoms with van der Waals surface area (Å²) in [5, 5.41) is 0. The van der Waals surface area contributed by atoms with Crippen molar-refractivity contribution in [1.82, 2.24) is 9.80 Å². The van der Waals surface area contributed by atoms with Crippen LogP contribution in [0.4, 0.5) is 4.39 Å². The van der Waals surface area contributed by atoms with Crippen molar-refractivity contribution >= 4 is 21.8 Å². The lowest BCUT2D eigenvalue weighted by atomic mass is 10.2. The van der Waals surface area contributed by atoms with Crippen LogP contribution in [0.5, 0.6) is 0 Å². The number of hydrogen-bond donors (Lipinski definition) is 0. The maximum atomic E-state index is 13.8. The molecule has 0 heterocycles. The molecule has 106 valence electrons. The van der Waals surface area contributed by atoms with Gasteiger partial charge in [0.05, 0.1) is 5.56 Å². The number of halogens is 2. The molecule has 0 aliphatic heterocycles. The Balaban J connectivity index is 2.72. The van der Waals surface area contributed by atoms with Gasteiger partial charge in [0.25, 0.3) is 5.91 Å². The summed E-state index contributed by atoms with van der Waals surface area (Å²) in [6.07, 6.45) is 0.880. The third-order valence-electron chi connectivity index (χ3n) is 2.86. The minimum atomic E-state index is -0.481. The summed E-state index contributed by atoms with van der Waals surface area (Å²) < 4.78 is 14.4. The highest BCUT2D eigenvalue weighted by atomic mass is 79.9. The molecule has 1 aromatic carbocycles. The van der Waals surface area contributed by atoms with Gasteiger partial charge in [-0.25, -0.2) is 4.39 Å². The van der Waals surface area contributed by atoms with Crippen LogP contribution in [-0.4, -0.2) is 49.4 Å². The fourth-order valence-corrected chi connectivity index (χ4v) is 2.15. The summed E-state index contributed by atoms with van der Waals surface area (Å²) in [6.45, 7) is 4.04. The largest absolute Gasteiger partial charge is 0.339 e. The van der Waals surface area contributed by atoms with Crippen molar-refractivity contribution in [2.24, 2.45) is 0 Å². The Bertz CT molecular complexity index is 437. The van der Waals surface area contributed by atoms with Crippen LogP contribution >= 0.6 is 15.9 Å². The summed E-state index contributed by atoms with van der Waals surface area (Å²) >= 11 is 3.19. The van der Waals surface area contributed by atoms with E-state index in [1.165, 1.54) is 12.1 Å². The molecule has 3 nitrogen and oxygen atoms in total. The Morgan fingerprint density at radius 1 is 1.32 bits per heavy atom. The number of carbonyl (C=O) groups is 1. The highest BCUT2D eigenvalue weighted by Gasteiger charge is 2.17. The number of carbonyl (C=O) groups excluding carboxylic acids is 1. The third kappa shape index (κ3) is 4.91. The first kappa shape index (κ1) is 16.1. The molecule has 0 saturated carbocycles. The fraction of sp³-hybridized carbons (Fsp3) is 0.500. The Labute approximate surface area is 122 Å². The predicted molar refractivity (Wildman–Crippen MR) is 78.8 cm³/mol. The average molecular weight is 331 g/mol. The van der Waals surface area contributed by atoms with E-state index >= 15 is 0 Å². The van der Waals surface area contributed by atoms with E-state index in [1.807, 2.05) is 21.0 Å². The van der Waals surface area contributed by atoms with Gasteiger partial charge in [0.2, 0.25) is 0 Å². The smallest absolute Gasteiger partial charge is 0.256 e. The quantitative estimate of drug-likeness (QED) is 0.800. The lowest BCUT2D eigenvalue weighted by molar-refractivity contribution is 0.0754. The highest BCUT2D eigenvalue weighted by molar-refractivity contribution is 9.10. The predicted octanol–water partition coefficient (Wildman–Crippen LogP) is 3.00. The van der Waals surface area contributed by atoms with Crippen LogP contribution in [0.25, 0.3) is 0 Å². The fourth-order valence-electron chi connectivity index (χ4n) is 1.81. The van der Waals surface area contributed by atoms with Gasteiger partial charge in [0.1, 0.15) is 5.82 Å². The molecule has 0 aliphatic carbocycles. The molecule has 1 aromatic rings. The van der Waals surface area contributed by atoms with E-state index in [4.69, 9.17) is 0 Å². The number of rotatable bonds is 6. The zero-order chi connectivity index (χ0) is 14.4. The van der Waals surface area contributed by atoms with E-state index in [9.17, 15) is 9.18 Å². The first-order chi connectivity index (χ1) is 8.95. The Kier molecular flexibility index (Phi) is 6.45. The molecule has 0 aliphatic rings. The third-order valence-corrected chi connectivity index (χ3v) is 3.36. The normalized spacial score (nSPS) is 10.8. The number of amides is 1. The molecular formula is C14H20BrFN2O. The van der Waals surface area contributed by atoms with Crippen molar-refractivity contribution in [3.63, 3.8) is 0 Å². The summed E-state index contributed by atoms with van der Waals surface area (Å²) in [6, 6.07) is 4.53. The molecule has 1 amide bonds. The van der Waals surface area contributed by atoms with Crippen LogP contribution in [0.15, 0.2) is 22.7 Å². The van der Waals surface area contributed by atoms with E-state index < -0.39 is 5.82 Å². The van der Waals surface area contributed by atoms with Crippen LogP contribution in [-0.2, 0) is 0 Å². The zero-order valence-electron chi connectivity index (χ0n) is 11.6. The lowest BCUT2D eigenvalue weighted by Crippen LogP contribution is -2.33. The van der Waals surface area contributed by atoms with Gasteiger partial charge in [-0.3, -0.25) is 4.79 Å². The standard InChI is InChI=1S/C14H20BrFN2O/c1-4-18(9-5-8-17(2)3)14(19)12-7-6-11(15)10-13(12)16/h6-7,10H,4-5,8-9H2,1-3H3. The molecule has 5 heteroatoms. The van der Waals surface area contributed by atoms with Crippen LogP contribution in [0.3, 0.4) is 0 Å².